The highest BCUT2D eigenvalue weighted by Crippen LogP contribution is 2.20. The fourth-order valence-corrected chi connectivity index (χ4v) is 2.57. The van der Waals surface area contributed by atoms with Gasteiger partial charge in [-0.25, -0.2) is 9.59 Å². The number of carboxylic acid groups (broad SMARTS) is 1. The molecule has 2 aliphatic rings. The molecule has 1 unspecified atom stereocenters. The highest BCUT2D eigenvalue weighted by molar-refractivity contribution is 5.83. The summed E-state index contributed by atoms with van der Waals surface area (Å²) < 4.78 is 5.52. The lowest BCUT2D eigenvalue weighted by Crippen LogP contribution is -2.53. The zero-order valence-electron chi connectivity index (χ0n) is 10.7. The lowest BCUT2D eigenvalue weighted by molar-refractivity contribution is -0.141. The summed E-state index contributed by atoms with van der Waals surface area (Å²) in [5.41, 5.74) is 0. The number of ether oxygens (including phenoxy) is 1. The number of urea groups is 1. The summed E-state index contributed by atoms with van der Waals surface area (Å²) in [5.74, 6) is -0.902. The zero-order valence-corrected chi connectivity index (χ0v) is 10.7. The maximum absolute atomic E-state index is 12.3. The molecule has 2 atom stereocenters. The molecule has 6 heteroatoms. The van der Waals surface area contributed by atoms with Crippen molar-refractivity contribution in [2.45, 2.75) is 38.3 Å². The van der Waals surface area contributed by atoms with Gasteiger partial charge in [-0.3, -0.25) is 0 Å². The minimum absolute atomic E-state index is 0.0774. The molecule has 2 saturated heterocycles. The van der Waals surface area contributed by atoms with E-state index >= 15 is 0 Å². The number of amides is 2. The lowest BCUT2D eigenvalue weighted by atomic mass is 10.2. The molecular weight excluding hydrogens is 236 g/mol. The minimum Gasteiger partial charge on any atom is -0.480 e. The van der Waals surface area contributed by atoms with Crippen LogP contribution in [0, 0.1) is 0 Å². The number of nitrogens with zero attached hydrogens (tertiary/aromatic N) is 2. The first-order chi connectivity index (χ1) is 8.63. The van der Waals surface area contributed by atoms with Crippen molar-refractivity contribution in [1.82, 2.24) is 9.80 Å². The normalized spacial score (nSPS) is 28.5. The number of carboxylic acids is 1. The van der Waals surface area contributed by atoms with Crippen molar-refractivity contribution >= 4 is 12.0 Å². The second-order valence-electron chi connectivity index (χ2n) is 4.82. The largest absolute Gasteiger partial charge is 0.480 e. The van der Waals surface area contributed by atoms with Crippen molar-refractivity contribution in [3.05, 3.63) is 0 Å². The highest BCUT2D eigenvalue weighted by Gasteiger charge is 2.37. The molecule has 18 heavy (non-hydrogen) atoms. The molecule has 0 saturated carbocycles. The Bertz CT molecular complexity index is 334. The van der Waals surface area contributed by atoms with Crippen LogP contribution in [-0.2, 0) is 9.53 Å². The first kappa shape index (κ1) is 13.1. The van der Waals surface area contributed by atoms with Crippen LogP contribution in [0.3, 0.4) is 0 Å². The average molecular weight is 256 g/mol. The van der Waals surface area contributed by atoms with Crippen LogP contribution < -0.4 is 0 Å². The Labute approximate surface area is 106 Å². The van der Waals surface area contributed by atoms with Crippen LogP contribution in [0.25, 0.3) is 0 Å². The first-order valence-electron chi connectivity index (χ1n) is 6.53. The number of hydrogen-bond acceptors (Lipinski definition) is 3. The number of carbonyl (C=O) groups is 2. The topological polar surface area (TPSA) is 70.1 Å². The highest BCUT2D eigenvalue weighted by atomic mass is 16.5. The summed E-state index contributed by atoms with van der Waals surface area (Å²) in [6.07, 6.45) is 2.27. The molecule has 102 valence electrons. The standard InChI is InChI=1S/C12H20N2O4/c1-2-9-8-13(6-7-18-9)12(17)14-5-3-4-10(14)11(15)16/h9-10H,2-8H2,1H3,(H,15,16)/t9?,10-/m1/s1. The van der Waals surface area contributed by atoms with Gasteiger partial charge in [0, 0.05) is 19.6 Å². The molecule has 2 amide bonds. The number of hydrogen-bond donors (Lipinski definition) is 1. The summed E-state index contributed by atoms with van der Waals surface area (Å²) in [6.45, 7) is 4.23. The van der Waals surface area contributed by atoms with Gasteiger partial charge >= 0.3 is 12.0 Å². The van der Waals surface area contributed by atoms with Crippen LogP contribution in [0.1, 0.15) is 26.2 Å². The Morgan fingerprint density at radius 1 is 1.39 bits per heavy atom. The molecule has 2 heterocycles. The van der Waals surface area contributed by atoms with Crippen molar-refractivity contribution in [2.75, 3.05) is 26.2 Å². The van der Waals surface area contributed by atoms with Gasteiger partial charge in [0.1, 0.15) is 6.04 Å². The second-order valence-corrected chi connectivity index (χ2v) is 4.82. The average Bonchev–Trinajstić information content (AvgIpc) is 2.87. The van der Waals surface area contributed by atoms with E-state index in [0.29, 0.717) is 32.7 Å². The Morgan fingerprint density at radius 3 is 2.83 bits per heavy atom. The number of rotatable bonds is 2. The summed E-state index contributed by atoms with van der Waals surface area (Å²) in [6, 6.07) is -0.804. The van der Waals surface area contributed by atoms with Crippen LogP contribution >= 0.6 is 0 Å². The fourth-order valence-electron chi connectivity index (χ4n) is 2.57. The van der Waals surface area contributed by atoms with Crippen molar-refractivity contribution in [2.24, 2.45) is 0 Å². The van der Waals surface area contributed by atoms with Gasteiger partial charge in [-0.1, -0.05) is 6.92 Å². The predicted molar refractivity (Wildman–Crippen MR) is 64.4 cm³/mol. The van der Waals surface area contributed by atoms with Crippen molar-refractivity contribution in [3.63, 3.8) is 0 Å². The summed E-state index contributed by atoms with van der Waals surface area (Å²) in [7, 11) is 0. The Balaban J connectivity index is 1.99. The quantitative estimate of drug-likeness (QED) is 0.792. The third-order valence-electron chi connectivity index (χ3n) is 3.65. The van der Waals surface area contributed by atoms with E-state index in [1.54, 1.807) is 4.90 Å². The summed E-state index contributed by atoms with van der Waals surface area (Å²) >= 11 is 0. The van der Waals surface area contributed by atoms with E-state index in [0.717, 1.165) is 12.8 Å². The summed E-state index contributed by atoms with van der Waals surface area (Å²) in [4.78, 5) is 26.6. The number of carbonyl (C=O) groups excluding carboxylic acids is 1. The minimum atomic E-state index is -0.902. The van der Waals surface area contributed by atoms with Crippen LogP contribution in [-0.4, -0.2) is 65.3 Å². The molecule has 0 aromatic carbocycles. The second kappa shape index (κ2) is 5.56. The first-order valence-corrected chi connectivity index (χ1v) is 6.53. The van der Waals surface area contributed by atoms with Gasteiger partial charge in [0.05, 0.1) is 12.7 Å². The number of aliphatic carboxylic acids is 1. The molecule has 0 aliphatic carbocycles. The van der Waals surface area contributed by atoms with Gasteiger partial charge in [-0.05, 0) is 19.3 Å². The Hall–Kier alpha value is -1.30. The SMILES string of the molecule is CCC1CN(C(=O)N2CCC[C@@H]2C(=O)O)CCO1. The molecule has 6 nitrogen and oxygen atoms in total. The third kappa shape index (κ3) is 2.58. The van der Waals surface area contributed by atoms with E-state index in [2.05, 4.69) is 0 Å². The van der Waals surface area contributed by atoms with Gasteiger partial charge in [0.2, 0.25) is 0 Å². The number of morpholine rings is 1. The van der Waals surface area contributed by atoms with E-state index < -0.39 is 12.0 Å². The molecule has 2 aliphatic heterocycles. The van der Waals surface area contributed by atoms with E-state index in [1.165, 1.54) is 4.90 Å². The predicted octanol–water partition coefficient (Wildman–Crippen LogP) is 0.766. The molecule has 0 spiro atoms. The van der Waals surface area contributed by atoms with E-state index in [1.807, 2.05) is 6.92 Å². The van der Waals surface area contributed by atoms with E-state index in [4.69, 9.17) is 9.84 Å². The van der Waals surface area contributed by atoms with Crippen LogP contribution in [0.2, 0.25) is 0 Å². The molecule has 0 aromatic rings. The van der Waals surface area contributed by atoms with Gasteiger partial charge in [-0.15, -0.1) is 0 Å². The maximum atomic E-state index is 12.3. The van der Waals surface area contributed by atoms with Gasteiger partial charge in [-0.2, -0.15) is 0 Å². The third-order valence-corrected chi connectivity index (χ3v) is 3.65. The van der Waals surface area contributed by atoms with Crippen molar-refractivity contribution in [1.29, 1.82) is 0 Å². The molecule has 0 radical (unpaired) electrons. The Morgan fingerprint density at radius 2 is 2.17 bits per heavy atom. The molecule has 0 aromatic heterocycles. The molecule has 2 rings (SSSR count). The van der Waals surface area contributed by atoms with Gasteiger partial charge < -0.3 is 19.6 Å². The molecular formula is C12H20N2O4. The lowest BCUT2D eigenvalue weighted by Gasteiger charge is -2.36. The maximum Gasteiger partial charge on any atom is 0.326 e. The van der Waals surface area contributed by atoms with Crippen LogP contribution in [0.4, 0.5) is 4.79 Å². The van der Waals surface area contributed by atoms with Crippen molar-refractivity contribution in [3.8, 4) is 0 Å². The smallest absolute Gasteiger partial charge is 0.326 e. The van der Waals surface area contributed by atoms with E-state index in [-0.39, 0.29) is 12.1 Å². The van der Waals surface area contributed by atoms with Crippen LogP contribution in [0.5, 0.6) is 0 Å². The van der Waals surface area contributed by atoms with Gasteiger partial charge in [0.25, 0.3) is 0 Å². The number of likely N-dealkylation sites (tertiary alicyclic amines) is 1. The fraction of sp³-hybridized carbons (Fsp3) is 0.833. The monoisotopic (exact) mass is 256 g/mol. The van der Waals surface area contributed by atoms with Crippen molar-refractivity contribution < 1.29 is 19.4 Å². The molecule has 2 fully saturated rings. The Kier molecular flexibility index (Phi) is 4.06. The van der Waals surface area contributed by atoms with Gasteiger partial charge in [0.15, 0.2) is 0 Å². The van der Waals surface area contributed by atoms with Crippen LogP contribution in [0.15, 0.2) is 0 Å². The summed E-state index contributed by atoms with van der Waals surface area (Å²) in [5, 5.41) is 9.09. The zero-order chi connectivity index (χ0) is 13.1. The molecule has 1 N–H and O–H groups in total. The molecule has 0 bridgehead atoms. The van der Waals surface area contributed by atoms with E-state index in [9.17, 15) is 9.59 Å².